The molecule has 0 aliphatic heterocycles. The van der Waals surface area contributed by atoms with Gasteiger partial charge in [0.05, 0.1) is 12.0 Å². The van der Waals surface area contributed by atoms with E-state index in [1.165, 1.54) is 23.1 Å². The maximum Gasteiger partial charge on any atom is 0.250 e. The van der Waals surface area contributed by atoms with Crippen molar-refractivity contribution >= 4 is 35.3 Å². The summed E-state index contributed by atoms with van der Waals surface area (Å²) in [5, 5.41) is 17.9. The summed E-state index contributed by atoms with van der Waals surface area (Å²) in [5.74, 6) is 0.131. The molecular weight excluding hydrogens is 330 g/mol. The average Bonchev–Trinajstić information content (AvgIpc) is 3.02. The number of rotatable bonds is 5. The van der Waals surface area contributed by atoms with Crippen molar-refractivity contribution in [1.82, 2.24) is 25.0 Å². The number of amides is 1. The number of para-hydroxylation sites is 1. The van der Waals surface area contributed by atoms with E-state index in [4.69, 9.17) is 5.73 Å². The highest BCUT2D eigenvalue weighted by atomic mass is 32.2. The van der Waals surface area contributed by atoms with Crippen molar-refractivity contribution in [3.8, 4) is 5.75 Å². The number of phenolic OH excluding ortho intramolecular Hbond substituents is 1. The Labute approximate surface area is 140 Å². The Morgan fingerprint density at radius 2 is 2.29 bits per heavy atom. The van der Waals surface area contributed by atoms with Crippen LogP contribution in [0, 0.1) is 0 Å². The molecule has 3 aromatic rings. The average molecular weight is 343 g/mol. The van der Waals surface area contributed by atoms with E-state index in [0.29, 0.717) is 22.2 Å². The van der Waals surface area contributed by atoms with Crippen LogP contribution in [-0.2, 0) is 4.79 Å². The van der Waals surface area contributed by atoms with Crippen molar-refractivity contribution in [3.63, 3.8) is 0 Å². The lowest BCUT2D eigenvalue weighted by atomic mass is 10.2. The van der Waals surface area contributed by atoms with Gasteiger partial charge in [-0.25, -0.2) is 15.4 Å². The third kappa shape index (κ3) is 3.60. The topological polar surface area (TPSA) is 131 Å². The number of anilines is 1. The van der Waals surface area contributed by atoms with Gasteiger partial charge in [0.2, 0.25) is 0 Å². The number of carbonyl (C=O) groups excluding carboxylic acids is 1. The number of aromatic hydroxyl groups is 1. The van der Waals surface area contributed by atoms with Crippen LogP contribution in [0.5, 0.6) is 5.75 Å². The molecule has 0 radical (unpaired) electrons. The zero-order valence-corrected chi connectivity index (χ0v) is 13.1. The number of hydrogen-bond acceptors (Lipinski definition) is 8. The van der Waals surface area contributed by atoms with Crippen LogP contribution < -0.4 is 11.2 Å². The second kappa shape index (κ2) is 6.96. The molecule has 1 amide bonds. The van der Waals surface area contributed by atoms with E-state index in [-0.39, 0.29) is 17.4 Å². The van der Waals surface area contributed by atoms with Crippen LogP contribution in [0.1, 0.15) is 5.56 Å². The first-order valence-corrected chi connectivity index (χ1v) is 7.81. The minimum atomic E-state index is -0.329. The Morgan fingerprint density at radius 1 is 1.46 bits per heavy atom. The van der Waals surface area contributed by atoms with Gasteiger partial charge in [0.15, 0.2) is 10.8 Å². The van der Waals surface area contributed by atoms with E-state index in [0.717, 1.165) is 11.8 Å². The summed E-state index contributed by atoms with van der Waals surface area (Å²) in [7, 11) is 0. The molecule has 0 saturated heterocycles. The van der Waals surface area contributed by atoms with Gasteiger partial charge in [0, 0.05) is 11.6 Å². The zero-order valence-electron chi connectivity index (χ0n) is 12.3. The molecule has 2 aromatic heterocycles. The summed E-state index contributed by atoms with van der Waals surface area (Å²) in [6.45, 7) is 0. The number of nitrogens with zero attached hydrogens (tertiary/aromatic N) is 5. The molecule has 10 heteroatoms. The second-order valence-electron chi connectivity index (χ2n) is 4.63. The van der Waals surface area contributed by atoms with Crippen LogP contribution in [0.3, 0.4) is 0 Å². The maximum absolute atomic E-state index is 11.8. The van der Waals surface area contributed by atoms with Gasteiger partial charge >= 0.3 is 0 Å². The second-order valence-corrected chi connectivity index (χ2v) is 5.58. The molecule has 0 atom stereocenters. The predicted octanol–water partition coefficient (Wildman–Crippen LogP) is 0.654. The van der Waals surface area contributed by atoms with Crippen LogP contribution in [-0.4, -0.2) is 42.6 Å². The monoisotopic (exact) mass is 343 g/mol. The van der Waals surface area contributed by atoms with Gasteiger partial charge in [-0.1, -0.05) is 23.9 Å². The molecule has 1 aromatic carbocycles. The van der Waals surface area contributed by atoms with Crippen molar-refractivity contribution in [3.05, 3.63) is 42.2 Å². The van der Waals surface area contributed by atoms with Gasteiger partial charge in [0.25, 0.3) is 5.91 Å². The Kier molecular flexibility index (Phi) is 4.57. The van der Waals surface area contributed by atoms with Gasteiger partial charge in [-0.05, 0) is 12.1 Å². The maximum atomic E-state index is 11.8. The molecule has 0 aliphatic rings. The zero-order chi connectivity index (χ0) is 16.9. The fourth-order valence-electron chi connectivity index (χ4n) is 1.84. The lowest BCUT2D eigenvalue weighted by Crippen LogP contribution is -2.20. The third-order valence-electron chi connectivity index (χ3n) is 2.92. The van der Waals surface area contributed by atoms with Crippen LogP contribution >= 0.6 is 11.8 Å². The highest BCUT2D eigenvalue weighted by molar-refractivity contribution is 7.99. The molecule has 0 spiro atoms. The van der Waals surface area contributed by atoms with Gasteiger partial charge < -0.3 is 10.8 Å². The Hall–Kier alpha value is -3.14. The minimum Gasteiger partial charge on any atom is -0.507 e. The Balaban J connectivity index is 1.59. The van der Waals surface area contributed by atoms with Gasteiger partial charge in [0.1, 0.15) is 17.9 Å². The summed E-state index contributed by atoms with van der Waals surface area (Å²) in [4.78, 5) is 20.0. The predicted molar refractivity (Wildman–Crippen MR) is 89.8 cm³/mol. The largest absolute Gasteiger partial charge is 0.507 e. The van der Waals surface area contributed by atoms with E-state index in [1.54, 1.807) is 24.3 Å². The van der Waals surface area contributed by atoms with Crippen LogP contribution in [0.25, 0.3) is 5.65 Å². The standard InChI is InChI=1S/C14H13N7O2S/c15-11-5-12-16-8-18-21(12)14(19-11)24-7-13(23)20-17-6-9-3-1-2-4-10(9)22/h1-6,8,22H,7,15H2,(H,20,23)/b17-6+. The molecule has 9 nitrogen and oxygen atoms in total. The quantitative estimate of drug-likeness (QED) is 0.268. The number of nitrogen functional groups attached to an aromatic ring is 1. The first-order valence-electron chi connectivity index (χ1n) is 6.82. The van der Waals surface area contributed by atoms with Gasteiger partial charge in [-0.3, -0.25) is 4.79 Å². The number of hydrazone groups is 1. The number of thioether (sulfide) groups is 1. The number of aromatic nitrogens is 4. The smallest absolute Gasteiger partial charge is 0.250 e. The van der Waals surface area contributed by atoms with Crippen molar-refractivity contribution < 1.29 is 9.90 Å². The summed E-state index contributed by atoms with van der Waals surface area (Å²) in [6, 6.07) is 8.26. The van der Waals surface area contributed by atoms with Crippen molar-refractivity contribution in [2.75, 3.05) is 11.5 Å². The number of hydrogen-bond donors (Lipinski definition) is 3. The lowest BCUT2D eigenvalue weighted by Gasteiger charge is -2.03. The van der Waals surface area contributed by atoms with E-state index in [2.05, 4.69) is 25.6 Å². The van der Waals surface area contributed by atoms with Crippen molar-refractivity contribution in [1.29, 1.82) is 0 Å². The molecule has 3 rings (SSSR count). The number of benzene rings is 1. The molecule has 0 aliphatic carbocycles. The number of fused-ring (bicyclic) bond motifs is 1. The molecular formula is C14H13N7O2S. The Bertz CT molecular complexity index is 909. The minimum absolute atomic E-state index is 0.0729. The Morgan fingerprint density at radius 3 is 3.12 bits per heavy atom. The molecule has 2 heterocycles. The normalized spacial score (nSPS) is 11.2. The lowest BCUT2D eigenvalue weighted by molar-refractivity contribution is -0.118. The van der Waals surface area contributed by atoms with E-state index >= 15 is 0 Å². The number of phenols is 1. The molecule has 0 fully saturated rings. The summed E-state index contributed by atoms with van der Waals surface area (Å²) in [6.07, 6.45) is 2.75. The molecule has 0 unspecified atom stereocenters. The SMILES string of the molecule is Nc1cc2ncnn2c(SCC(=O)N/N=C/c2ccccc2O)n1. The summed E-state index contributed by atoms with van der Waals surface area (Å²) >= 11 is 1.16. The molecule has 24 heavy (non-hydrogen) atoms. The number of carbonyl (C=O) groups is 1. The fraction of sp³-hybridized carbons (Fsp3) is 0.0714. The highest BCUT2D eigenvalue weighted by Crippen LogP contribution is 2.17. The van der Waals surface area contributed by atoms with E-state index < -0.39 is 0 Å². The van der Waals surface area contributed by atoms with Crippen molar-refractivity contribution in [2.24, 2.45) is 5.10 Å². The van der Waals surface area contributed by atoms with Crippen LogP contribution in [0.4, 0.5) is 5.82 Å². The third-order valence-corrected chi connectivity index (χ3v) is 3.85. The van der Waals surface area contributed by atoms with Crippen LogP contribution in [0.2, 0.25) is 0 Å². The number of nitrogens with two attached hydrogens (primary N) is 1. The number of nitrogens with one attached hydrogen (secondary N) is 1. The molecule has 4 N–H and O–H groups in total. The highest BCUT2D eigenvalue weighted by Gasteiger charge is 2.09. The molecule has 0 saturated carbocycles. The van der Waals surface area contributed by atoms with Crippen molar-refractivity contribution in [2.45, 2.75) is 5.16 Å². The van der Waals surface area contributed by atoms with E-state index in [9.17, 15) is 9.90 Å². The van der Waals surface area contributed by atoms with Crippen LogP contribution in [0.15, 0.2) is 46.9 Å². The molecule has 0 bridgehead atoms. The summed E-state index contributed by atoms with van der Waals surface area (Å²) < 4.78 is 1.50. The van der Waals surface area contributed by atoms with Gasteiger partial charge in [-0.15, -0.1) is 0 Å². The van der Waals surface area contributed by atoms with E-state index in [1.807, 2.05) is 0 Å². The fourth-order valence-corrected chi connectivity index (χ4v) is 2.60. The first-order chi connectivity index (χ1) is 11.6. The molecule has 122 valence electrons. The van der Waals surface area contributed by atoms with Gasteiger partial charge in [-0.2, -0.15) is 14.7 Å². The first kappa shape index (κ1) is 15.7. The summed E-state index contributed by atoms with van der Waals surface area (Å²) in [5.41, 5.74) is 9.14.